The number of piperidine rings is 1. The third-order valence-electron chi connectivity index (χ3n) is 3.99. The zero-order chi connectivity index (χ0) is 15.2. The van der Waals surface area contributed by atoms with Crippen molar-refractivity contribution < 1.29 is 14.2 Å². The Morgan fingerprint density at radius 2 is 1.90 bits per heavy atom. The lowest BCUT2D eigenvalue weighted by molar-refractivity contribution is 0.226. The third-order valence-corrected chi connectivity index (χ3v) is 3.99. The molecule has 0 radical (unpaired) electrons. The van der Waals surface area contributed by atoms with E-state index >= 15 is 0 Å². The minimum atomic E-state index is 0.529. The van der Waals surface area contributed by atoms with Gasteiger partial charge in [-0.05, 0) is 32.5 Å². The Morgan fingerprint density at radius 3 is 2.52 bits per heavy atom. The smallest absolute Gasteiger partial charge is 0.203 e. The number of nitrogens with zero attached hydrogens (tertiary/aromatic N) is 1. The summed E-state index contributed by atoms with van der Waals surface area (Å²) < 4.78 is 16.2. The van der Waals surface area contributed by atoms with E-state index in [0.717, 1.165) is 24.4 Å². The molecule has 5 nitrogen and oxygen atoms in total. The molecule has 1 fully saturated rings. The van der Waals surface area contributed by atoms with Crippen LogP contribution in [0.25, 0.3) is 0 Å². The summed E-state index contributed by atoms with van der Waals surface area (Å²) in [6, 6.07) is 4.48. The monoisotopic (exact) mass is 294 g/mol. The fourth-order valence-corrected chi connectivity index (χ4v) is 2.89. The molecule has 1 aliphatic rings. The molecule has 0 aromatic heterocycles. The molecule has 1 unspecified atom stereocenters. The number of hydrogen-bond donors (Lipinski definition) is 1. The van der Waals surface area contributed by atoms with Crippen LogP contribution in [0.1, 0.15) is 18.4 Å². The lowest BCUT2D eigenvalue weighted by Crippen LogP contribution is -2.43. The fourth-order valence-electron chi connectivity index (χ4n) is 2.89. The van der Waals surface area contributed by atoms with Crippen LogP contribution in [0.3, 0.4) is 0 Å². The second kappa shape index (κ2) is 7.52. The first-order valence-corrected chi connectivity index (χ1v) is 7.39. The van der Waals surface area contributed by atoms with Gasteiger partial charge in [-0.1, -0.05) is 6.07 Å². The van der Waals surface area contributed by atoms with Gasteiger partial charge >= 0.3 is 0 Å². The van der Waals surface area contributed by atoms with Gasteiger partial charge in [-0.3, -0.25) is 0 Å². The molecule has 1 saturated heterocycles. The first-order chi connectivity index (χ1) is 10.2. The maximum atomic E-state index is 5.52. The molecule has 1 aliphatic heterocycles. The van der Waals surface area contributed by atoms with Crippen LogP contribution in [-0.2, 0) is 6.54 Å². The highest BCUT2D eigenvalue weighted by Gasteiger charge is 2.19. The van der Waals surface area contributed by atoms with E-state index in [1.807, 2.05) is 12.1 Å². The Kier molecular flexibility index (Phi) is 5.70. The Morgan fingerprint density at radius 1 is 1.14 bits per heavy atom. The Labute approximate surface area is 127 Å². The summed E-state index contributed by atoms with van der Waals surface area (Å²) in [5, 5.41) is 3.61. The van der Waals surface area contributed by atoms with Crippen molar-refractivity contribution in [3.8, 4) is 17.2 Å². The Hall–Kier alpha value is -1.46. The van der Waals surface area contributed by atoms with Crippen LogP contribution in [0, 0.1) is 0 Å². The van der Waals surface area contributed by atoms with E-state index in [9.17, 15) is 0 Å². The van der Waals surface area contributed by atoms with Gasteiger partial charge in [0.15, 0.2) is 11.5 Å². The highest BCUT2D eigenvalue weighted by molar-refractivity contribution is 5.55. The third kappa shape index (κ3) is 3.80. The molecule has 1 heterocycles. The molecule has 2 rings (SSSR count). The van der Waals surface area contributed by atoms with E-state index in [2.05, 4.69) is 17.3 Å². The van der Waals surface area contributed by atoms with Gasteiger partial charge in [-0.25, -0.2) is 0 Å². The summed E-state index contributed by atoms with van der Waals surface area (Å²) in [6.07, 6.45) is 2.47. The van der Waals surface area contributed by atoms with Crippen LogP contribution >= 0.6 is 0 Å². The first-order valence-electron chi connectivity index (χ1n) is 7.39. The van der Waals surface area contributed by atoms with Crippen molar-refractivity contribution in [2.24, 2.45) is 0 Å². The van der Waals surface area contributed by atoms with Gasteiger partial charge in [-0.2, -0.15) is 0 Å². The highest BCUT2D eigenvalue weighted by Crippen LogP contribution is 2.39. The molecule has 1 atom stereocenters. The number of likely N-dealkylation sites (tertiary alicyclic amines) is 1. The number of likely N-dealkylation sites (N-methyl/N-ethyl adjacent to an activating group) is 1. The molecular formula is C16H26N2O3. The molecule has 1 N–H and O–H groups in total. The zero-order valence-corrected chi connectivity index (χ0v) is 13.4. The van der Waals surface area contributed by atoms with Crippen LogP contribution in [0.15, 0.2) is 12.1 Å². The first kappa shape index (κ1) is 15.9. The average molecular weight is 294 g/mol. The maximum Gasteiger partial charge on any atom is 0.203 e. The summed E-state index contributed by atoms with van der Waals surface area (Å²) in [6.45, 7) is 3.05. The molecule has 0 saturated carbocycles. The maximum absolute atomic E-state index is 5.52. The number of benzene rings is 1. The van der Waals surface area contributed by atoms with Crippen molar-refractivity contribution in [2.45, 2.75) is 25.4 Å². The lowest BCUT2D eigenvalue weighted by atomic mass is 10.1. The van der Waals surface area contributed by atoms with Crippen LogP contribution in [0.4, 0.5) is 0 Å². The number of rotatable bonds is 6. The van der Waals surface area contributed by atoms with Crippen LogP contribution in [0.5, 0.6) is 17.2 Å². The minimum Gasteiger partial charge on any atom is -0.493 e. The Bertz CT molecular complexity index is 465. The van der Waals surface area contributed by atoms with Gasteiger partial charge in [0, 0.05) is 24.7 Å². The summed E-state index contributed by atoms with van der Waals surface area (Å²) in [5.41, 5.74) is 1.09. The zero-order valence-electron chi connectivity index (χ0n) is 13.4. The van der Waals surface area contributed by atoms with Crippen LogP contribution < -0.4 is 19.5 Å². The number of methoxy groups -OCH3 is 3. The second-order valence-corrected chi connectivity index (χ2v) is 5.48. The van der Waals surface area contributed by atoms with Crippen molar-refractivity contribution in [1.29, 1.82) is 0 Å². The van der Waals surface area contributed by atoms with Gasteiger partial charge < -0.3 is 24.4 Å². The molecule has 0 bridgehead atoms. The quantitative estimate of drug-likeness (QED) is 0.868. The molecule has 0 spiro atoms. The van der Waals surface area contributed by atoms with Crippen molar-refractivity contribution in [2.75, 3.05) is 41.5 Å². The predicted molar refractivity (Wildman–Crippen MR) is 83.5 cm³/mol. The molecule has 1 aromatic rings. The van der Waals surface area contributed by atoms with E-state index in [1.54, 1.807) is 21.3 Å². The molecule has 21 heavy (non-hydrogen) atoms. The molecule has 5 heteroatoms. The van der Waals surface area contributed by atoms with E-state index in [4.69, 9.17) is 14.2 Å². The van der Waals surface area contributed by atoms with Crippen molar-refractivity contribution >= 4 is 0 Å². The minimum absolute atomic E-state index is 0.529. The normalized spacial score (nSPS) is 19.3. The van der Waals surface area contributed by atoms with Gasteiger partial charge in [0.05, 0.1) is 21.3 Å². The number of hydrogen-bond acceptors (Lipinski definition) is 5. The Balaban J connectivity index is 2.08. The van der Waals surface area contributed by atoms with Crippen LogP contribution in [-0.4, -0.2) is 52.4 Å². The SMILES string of the molecule is COc1ccc(CNC2CCCN(C)C2)c(OC)c1OC. The van der Waals surface area contributed by atoms with Crippen LogP contribution in [0.2, 0.25) is 0 Å². The molecule has 1 aromatic carbocycles. The second-order valence-electron chi connectivity index (χ2n) is 5.48. The van der Waals surface area contributed by atoms with Gasteiger partial charge in [0.25, 0.3) is 0 Å². The van der Waals surface area contributed by atoms with Gasteiger partial charge in [0.2, 0.25) is 5.75 Å². The lowest BCUT2D eigenvalue weighted by Gasteiger charge is -2.30. The predicted octanol–water partition coefficient (Wildman–Crippen LogP) is 1.90. The van der Waals surface area contributed by atoms with E-state index in [0.29, 0.717) is 17.5 Å². The summed E-state index contributed by atoms with van der Waals surface area (Å²) in [5.74, 6) is 2.09. The van der Waals surface area contributed by atoms with Gasteiger partial charge in [-0.15, -0.1) is 0 Å². The summed E-state index contributed by atoms with van der Waals surface area (Å²) in [4.78, 5) is 2.37. The van der Waals surface area contributed by atoms with E-state index in [-0.39, 0.29) is 0 Å². The number of ether oxygens (including phenoxy) is 3. The highest BCUT2D eigenvalue weighted by atomic mass is 16.5. The van der Waals surface area contributed by atoms with Gasteiger partial charge in [0.1, 0.15) is 0 Å². The molecular weight excluding hydrogens is 268 g/mol. The molecule has 0 amide bonds. The average Bonchev–Trinajstić information content (AvgIpc) is 2.51. The number of nitrogens with one attached hydrogen (secondary N) is 1. The fraction of sp³-hybridized carbons (Fsp3) is 0.625. The summed E-state index contributed by atoms with van der Waals surface area (Å²) >= 11 is 0. The van der Waals surface area contributed by atoms with Crippen molar-refractivity contribution in [1.82, 2.24) is 10.2 Å². The van der Waals surface area contributed by atoms with Crippen molar-refractivity contribution in [3.05, 3.63) is 17.7 Å². The van der Waals surface area contributed by atoms with Crippen molar-refractivity contribution in [3.63, 3.8) is 0 Å². The largest absolute Gasteiger partial charge is 0.493 e. The molecule has 118 valence electrons. The molecule has 0 aliphatic carbocycles. The van der Waals surface area contributed by atoms with E-state index < -0.39 is 0 Å². The van der Waals surface area contributed by atoms with E-state index in [1.165, 1.54) is 19.4 Å². The topological polar surface area (TPSA) is 43.0 Å². The summed E-state index contributed by atoms with van der Waals surface area (Å²) in [7, 11) is 7.10. The standard InChI is InChI=1S/C16H26N2O3/c1-18-9-5-6-13(11-18)17-10-12-7-8-14(19-2)16(21-4)15(12)20-3/h7-8,13,17H,5-6,9-11H2,1-4H3.